The normalized spacial score (nSPS) is 27.5. The van der Waals surface area contributed by atoms with E-state index in [1.165, 1.54) is 4.90 Å². The lowest BCUT2D eigenvalue weighted by molar-refractivity contribution is -0.122. The molecule has 0 atom stereocenters. The highest BCUT2D eigenvalue weighted by molar-refractivity contribution is 6.08. The van der Waals surface area contributed by atoms with Crippen LogP contribution in [-0.2, 0) is 4.79 Å². The van der Waals surface area contributed by atoms with Gasteiger partial charge in [-0.05, 0) is 12.8 Å². The van der Waals surface area contributed by atoms with Gasteiger partial charge in [-0.1, -0.05) is 0 Å². The number of imide groups is 1. The van der Waals surface area contributed by atoms with Gasteiger partial charge in [-0.25, -0.2) is 4.79 Å². The Labute approximate surface area is 58.2 Å². The number of rotatable bonds is 0. The van der Waals surface area contributed by atoms with Crippen LogP contribution < -0.4 is 5.32 Å². The summed E-state index contributed by atoms with van der Waals surface area (Å²) in [5.41, 5.74) is -0.433. The van der Waals surface area contributed by atoms with E-state index in [1.807, 2.05) is 0 Å². The lowest BCUT2D eigenvalue weighted by Gasteiger charge is -2.12. The Kier molecular flexibility index (Phi) is 0.760. The fourth-order valence-corrected chi connectivity index (χ4v) is 1.32. The van der Waals surface area contributed by atoms with Crippen LogP contribution in [0.25, 0.3) is 0 Å². The van der Waals surface area contributed by atoms with E-state index in [4.69, 9.17) is 0 Å². The first-order valence-electron chi connectivity index (χ1n) is 3.26. The molecular weight excluding hydrogens is 132 g/mol. The van der Waals surface area contributed by atoms with Crippen LogP contribution >= 0.6 is 0 Å². The molecule has 4 heteroatoms. The van der Waals surface area contributed by atoms with Crippen LogP contribution in [0.5, 0.6) is 0 Å². The Bertz CT molecular complexity index is 220. The monoisotopic (exact) mass is 140 g/mol. The maximum absolute atomic E-state index is 11.0. The van der Waals surface area contributed by atoms with Gasteiger partial charge in [0.1, 0.15) is 5.54 Å². The maximum atomic E-state index is 11.0. The molecule has 0 bridgehead atoms. The van der Waals surface area contributed by atoms with E-state index in [1.54, 1.807) is 7.05 Å². The molecule has 0 radical (unpaired) electrons. The smallest absolute Gasteiger partial charge is 0.313 e. The molecule has 0 aromatic heterocycles. The van der Waals surface area contributed by atoms with Crippen LogP contribution in [-0.4, -0.2) is 29.4 Å². The number of carbonyl (C=O) groups is 2. The van der Waals surface area contributed by atoms with Crippen molar-refractivity contribution in [3.05, 3.63) is 0 Å². The molecule has 0 unspecified atom stereocenters. The zero-order valence-electron chi connectivity index (χ0n) is 5.68. The van der Waals surface area contributed by atoms with Crippen molar-refractivity contribution < 1.29 is 9.59 Å². The highest BCUT2D eigenvalue weighted by Crippen LogP contribution is 2.43. The van der Waals surface area contributed by atoms with Gasteiger partial charge in [-0.15, -0.1) is 0 Å². The Morgan fingerprint density at radius 2 is 2.10 bits per heavy atom. The number of nitrogens with one attached hydrogen (secondary N) is 1. The summed E-state index contributed by atoms with van der Waals surface area (Å²) in [6.07, 6.45) is 1.64. The van der Waals surface area contributed by atoms with Crippen LogP contribution in [0.4, 0.5) is 4.79 Å². The Morgan fingerprint density at radius 3 is 2.30 bits per heavy atom. The number of amides is 3. The highest BCUT2D eigenvalue weighted by atomic mass is 16.2. The Hall–Kier alpha value is -1.06. The number of urea groups is 1. The maximum Gasteiger partial charge on any atom is 0.324 e. The fourth-order valence-electron chi connectivity index (χ4n) is 1.32. The molecular formula is C6H8N2O2. The first-order valence-corrected chi connectivity index (χ1v) is 3.26. The van der Waals surface area contributed by atoms with Gasteiger partial charge in [-0.3, -0.25) is 10.1 Å². The minimum Gasteiger partial charge on any atom is -0.313 e. The molecule has 4 nitrogen and oxygen atoms in total. The molecule has 1 spiro atoms. The minimum atomic E-state index is -0.433. The zero-order valence-corrected chi connectivity index (χ0v) is 5.68. The molecule has 1 heterocycles. The van der Waals surface area contributed by atoms with Crippen LogP contribution in [0.1, 0.15) is 12.8 Å². The Morgan fingerprint density at radius 1 is 1.50 bits per heavy atom. The van der Waals surface area contributed by atoms with E-state index in [2.05, 4.69) is 5.32 Å². The quantitative estimate of drug-likeness (QED) is 0.470. The van der Waals surface area contributed by atoms with E-state index in [-0.39, 0.29) is 11.9 Å². The summed E-state index contributed by atoms with van der Waals surface area (Å²) in [5, 5.41) is 2.27. The molecule has 1 saturated carbocycles. The second-order valence-corrected chi connectivity index (χ2v) is 2.85. The zero-order chi connectivity index (χ0) is 7.35. The van der Waals surface area contributed by atoms with E-state index < -0.39 is 5.54 Å². The lowest BCUT2D eigenvalue weighted by Crippen LogP contribution is -2.33. The summed E-state index contributed by atoms with van der Waals surface area (Å²) >= 11 is 0. The number of carbonyl (C=O) groups excluding carboxylic acids is 2. The van der Waals surface area contributed by atoms with Gasteiger partial charge in [0.05, 0.1) is 0 Å². The van der Waals surface area contributed by atoms with Gasteiger partial charge in [0.25, 0.3) is 5.91 Å². The predicted octanol–water partition coefficient (Wildman–Crippen LogP) is -0.299. The fraction of sp³-hybridized carbons (Fsp3) is 0.667. The van der Waals surface area contributed by atoms with Crippen molar-refractivity contribution in [3.8, 4) is 0 Å². The molecule has 1 N–H and O–H groups in total. The van der Waals surface area contributed by atoms with Crippen LogP contribution in [0.2, 0.25) is 0 Å². The molecule has 2 fully saturated rings. The average Bonchev–Trinajstić information content (AvgIpc) is 2.61. The van der Waals surface area contributed by atoms with Crippen molar-refractivity contribution in [2.45, 2.75) is 18.4 Å². The van der Waals surface area contributed by atoms with E-state index in [9.17, 15) is 9.59 Å². The van der Waals surface area contributed by atoms with Crippen LogP contribution in [0, 0.1) is 0 Å². The van der Waals surface area contributed by atoms with Crippen LogP contribution in [0.3, 0.4) is 0 Å². The van der Waals surface area contributed by atoms with Crippen molar-refractivity contribution in [1.29, 1.82) is 0 Å². The van der Waals surface area contributed by atoms with E-state index in [0.29, 0.717) is 0 Å². The average molecular weight is 140 g/mol. The topological polar surface area (TPSA) is 49.4 Å². The first kappa shape index (κ1) is 5.70. The van der Waals surface area contributed by atoms with Crippen molar-refractivity contribution in [3.63, 3.8) is 0 Å². The summed E-state index contributed by atoms with van der Waals surface area (Å²) in [4.78, 5) is 23.3. The molecule has 2 aliphatic rings. The molecule has 54 valence electrons. The second kappa shape index (κ2) is 1.33. The summed E-state index contributed by atoms with van der Waals surface area (Å²) in [5.74, 6) is -0.125. The third kappa shape index (κ3) is 0.427. The summed E-state index contributed by atoms with van der Waals surface area (Å²) in [6.45, 7) is 0. The lowest BCUT2D eigenvalue weighted by atomic mass is 10.2. The summed E-state index contributed by atoms with van der Waals surface area (Å²) in [7, 11) is 1.66. The number of likely N-dealkylation sites (N-methyl/N-ethyl adjacent to an activating group) is 1. The Balaban J connectivity index is 2.35. The molecule has 1 saturated heterocycles. The van der Waals surface area contributed by atoms with E-state index in [0.717, 1.165) is 12.8 Å². The van der Waals surface area contributed by atoms with Crippen molar-refractivity contribution in [2.24, 2.45) is 0 Å². The highest BCUT2D eigenvalue weighted by Gasteiger charge is 2.59. The van der Waals surface area contributed by atoms with E-state index >= 15 is 0 Å². The van der Waals surface area contributed by atoms with Gasteiger partial charge < -0.3 is 4.90 Å². The minimum absolute atomic E-state index is 0.125. The second-order valence-electron chi connectivity index (χ2n) is 2.85. The molecule has 3 amide bonds. The number of hydrogen-bond donors (Lipinski definition) is 1. The van der Waals surface area contributed by atoms with Crippen molar-refractivity contribution in [1.82, 2.24) is 10.2 Å². The molecule has 0 aromatic rings. The third-order valence-electron chi connectivity index (χ3n) is 2.31. The number of nitrogens with zero attached hydrogens (tertiary/aromatic N) is 1. The summed E-state index contributed by atoms with van der Waals surface area (Å²) in [6, 6.07) is -0.262. The molecule has 2 rings (SSSR count). The molecule has 0 aromatic carbocycles. The molecule has 1 aliphatic carbocycles. The van der Waals surface area contributed by atoms with Gasteiger partial charge in [0, 0.05) is 7.05 Å². The summed E-state index contributed by atoms with van der Waals surface area (Å²) < 4.78 is 0. The predicted molar refractivity (Wildman–Crippen MR) is 33.3 cm³/mol. The van der Waals surface area contributed by atoms with Gasteiger partial charge >= 0.3 is 6.03 Å². The standard InChI is InChI=1S/C6H8N2O2/c1-8-5(10)7-4(9)6(8)2-3-6/h2-3H2,1H3,(H,7,9,10). The number of hydrogen-bond acceptors (Lipinski definition) is 2. The first-order chi connectivity index (χ1) is 4.67. The van der Waals surface area contributed by atoms with Crippen molar-refractivity contribution >= 4 is 11.9 Å². The largest absolute Gasteiger partial charge is 0.324 e. The van der Waals surface area contributed by atoms with Crippen LogP contribution in [0.15, 0.2) is 0 Å². The van der Waals surface area contributed by atoms with Crippen molar-refractivity contribution in [2.75, 3.05) is 7.05 Å². The molecule has 1 aliphatic heterocycles. The SMILES string of the molecule is CN1C(=O)NC(=O)C12CC2. The van der Waals surface area contributed by atoms with Gasteiger partial charge in [0.15, 0.2) is 0 Å². The van der Waals surface area contributed by atoms with Gasteiger partial charge in [0.2, 0.25) is 0 Å². The third-order valence-corrected chi connectivity index (χ3v) is 2.31. The van der Waals surface area contributed by atoms with Gasteiger partial charge in [-0.2, -0.15) is 0 Å². The molecule has 10 heavy (non-hydrogen) atoms.